The predicted molar refractivity (Wildman–Crippen MR) is 108 cm³/mol. The van der Waals surface area contributed by atoms with Crippen molar-refractivity contribution >= 4 is 28.0 Å². The van der Waals surface area contributed by atoms with Crippen molar-refractivity contribution in [1.29, 1.82) is 0 Å². The Balaban J connectivity index is 1.65. The van der Waals surface area contributed by atoms with Crippen LogP contribution in [0.5, 0.6) is 0 Å². The molecule has 28 heavy (non-hydrogen) atoms. The molecule has 0 bridgehead atoms. The van der Waals surface area contributed by atoms with E-state index in [1.165, 1.54) is 18.4 Å². The molecular weight excluding hydrogens is 352 g/mol. The van der Waals surface area contributed by atoms with Crippen LogP contribution < -0.4 is 5.32 Å². The van der Waals surface area contributed by atoms with Gasteiger partial charge in [-0.15, -0.1) is 0 Å². The highest BCUT2D eigenvalue weighted by molar-refractivity contribution is 6.05. The molecule has 1 fully saturated rings. The van der Waals surface area contributed by atoms with Gasteiger partial charge in [0.2, 0.25) is 0 Å². The van der Waals surface area contributed by atoms with Gasteiger partial charge < -0.3 is 10.3 Å². The molecule has 0 radical (unpaired) electrons. The molecule has 0 unspecified atom stereocenters. The van der Waals surface area contributed by atoms with Crippen LogP contribution in [0.25, 0.3) is 33.5 Å². The van der Waals surface area contributed by atoms with Crippen LogP contribution in [0.4, 0.5) is 0 Å². The van der Waals surface area contributed by atoms with Crippen molar-refractivity contribution in [2.75, 3.05) is 0 Å². The molecule has 7 nitrogen and oxygen atoms in total. The number of hydrogen-bond acceptors (Lipinski definition) is 4. The second-order valence-corrected chi connectivity index (χ2v) is 7.81. The number of H-pyrrole nitrogens is 1. The lowest BCUT2D eigenvalue weighted by molar-refractivity contribution is 0.0944. The number of fused-ring (bicyclic) bond motifs is 2. The molecule has 5 rings (SSSR count). The molecule has 0 saturated heterocycles. The van der Waals surface area contributed by atoms with Gasteiger partial charge in [-0.3, -0.25) is 9.48 Å². The molecule has 7 heteroatoms. The number of benzene rings is 1. The van der Waals surface area contributed by atoms with E-state index < -0.39 is 0 Å². The van der Waals surface area contributed by atoms with E-state index in [2.05, 4.69) is 33.5 Å². The second kappa shape index (κ2) is 6.15. The van der Waals surface area contributed by atoms with Gasteiger partial charge in [0.15, 0.2) is 5.65 Å². The van der Waals surface area contributed by atoms with Crippen LogP contribution in [0.2, 0.25) is 0 Å². The number of rotatable bonds is 4. The highest BCUT2D eigenvalue weighted by Gasteiger charge is 2.25. The van der Waals surface area contributed by atoms with Gasteiger partial charge in [-0.2, -0.15) is 5.10 Å². The fourth-order valence-electron chi connectivity index (χ4n) is 3.66. The van der Waals surface area contributed by atoms with Crippen LogP contribution in [0, 0.1) is 0 Å². The van der Waals surface area contributed by atoms with E-state index in [0.717, 1.165) is 16.6 Å². The Morgan fingerprint density at radius 2 is 2.14 bits per heavy atom. The van der Waals surface area contributed by atoms with Crippen molar-refractivity contribution < 1.29 is 4.79 Å². The summed E-state index contributed by atoms with van der Waals surface area (Å²) in [6.07, 6.45) is 5.89. The van der Waals surface area contributed by atoms with Crippen LogP contribution in [0.15, 0.2) is 30.6 Å². The van der Waals surface area contributed by atoms with Gasteiger partial charge in [0.05, 0.1) is 17.3 Å². The monoisotopic (exact) mass is 374 g/mol. The maximum Gasteiger partial charge on any atom is 0.255 e. The van der Waals surface area contributed by atoms with Gasteiger partial charge in [0.25, 0.3) is 5.91 Å². The number of aromatic nitrogens is 5. The van der Waals surface area contributed by atoms with Crippen LogP contribution in [-0.2, 0) is 7.05 Å². The number of hydrogen-bond donors (Lipinski definition) is 2. The first-order valence-corrected chi connectivity index (χ1v) is 9.63. The Labute approximate surface area is 162 Å². The van der Waals surface area contributed by atoms with Crippen molar-refractivity contribution in [3.8, 4) is 11.4 Å². The van der Waals surface area contributed by atoms with Crippen LogP contribution in [0.1, 0.15) is 48.5 Å². The molecule has 2 N–H and O–H groups in total. The Bertz CT molecular complexity index is 1210. The number of nitrogens with one attached hydrogen (secondary N) is 2. The number of carbonyl (C=O) groups is 1. The van der Waals surface area contributed by atoms with Gasteiger partial charge in [0.1, 0.15) is 16.9 Å². The van der Waals surface area contributed by atoms with E-state index in [9.17, 15) is 4.79 Å². The quantitative estimate of drug-likeness (QED) is 0.572. The number of carbonyl (C=O) groups excluding carboxylic acids is 1. The molecule has 1 aliphatic rings. The highest BCUT2D eigenvalue weighted by Crippen LogP contribution is 2.41. The van der Waals surface area contributed by atoms with Crippen molar-refractivity contribution in [3.63, 3.8) is 0 Å². The zero-order chi connectivity index (χ0) is 19.4. The first-order valence-electron chi connectivity index (χ1n) is 9.63. The summed E-state index contributed by atoms with van der Waals surface area (Å²) in [4.78, 5) is 24.8. The molecule has 142 valence electrons. The van der Waals surface area contributed by atoms with Crippen molar-refractivity contribution in [3.05, 3.63) is 41.7 Å². The van der Waals surface area contributed by atoms with E-state index in [1.54, 1.807) is 12.4 Å². The smallest absolute Gasteiger partial charge is 0.255 e. The normalized spacial score (nSPS) is 14.3. The summed E-state index contributed by atoms with van der Waals surface area (Å²) in [7, 11) is 1.94. The largest absolute Gasteiger partial charge is 0.350 e. The summed E-state index contributed by atoms with van der Waals surface area (Å²) in [6, 6.07) is 6.60. The zero-order valence-corrected chi connectivity index (χ0v) is 16.2. The predicted octanol–water partition coefficient (Wildman–Crippen LogP) is 3.53. The Hall–Kier alpha value is -3.22. The van der Waals surface area contributed by atoms with Crippen LogP contribution in [0.3, 0.4) is 0 Å². The summed E-state index contributed by atoms with van der Waals surface area (Å²) in [6.45, 7) is 3.86. The number of aryl methyl sites for hydroxylation is 1. The first kappa shape index (κ1) is 16.9. The molecule has 3 heterocycles. The molecule has 1 saturated carbocycles. The number of aromatic amines is 1. The highest BCUT2D eigenvalue weighted by atomic mass is 16.1. The second-order valence-electron chi connectivity index (χ2n) is 7.81. The average molecular weight is 374 g/mol. The molecule has 1 aliphatic carbocycles. The lowest BCUT2D eigenvalue weighted by Gasteiger charge is -2.07. The zero-order valence-electron chi connectivity index (χ0n) is 16.2. The maximum absolute atomic E-state index is 12.5. The van der Waals surface area contributed by atoms with E-state index in [0.29, 0.717) is 28.3 Å². The van der Waals surface area contributed by atoms with Crippen molar-refractivity contribution in [2.45, 2.75) is 38.6 Å². The first-order chi connectivity index (χ1) is 13.5. The molecule has 0 aliphatic heterocycles. The number of nitrogens with zero attached hydrogens (tertiary/aromatic N) is 4. The van der Waals surface area contributed by atoms with Crippen molar-refractivity contribution in [1.82, 2.24) is 30.0 Å². The van der Waals surface area contributed by atoms with Crippen LogP contribution in [-0.4, -0.2) is 36.7 Å². The Morgan fingerprint density at radius 3 is 2.89 bits per heavy atom. The van der Waals surface area contributed by atoms with Gasteiger partial charge >= 0.3 is 0 Å². The molecule has 0 spiro atoms. The standard InChI is InChI=1S/C21H22N6O/c1-11(2)24-21(28)15-9-22-20-19(15)25-16(10-23-20)18-14-8-13(12-4-5-12)6-7-17(14)27(3)26-18/h6-12H,4-5H2,1-3H3,(H,22,23)(H,24,28). The third kappa shape index (κ3) is 2.74. The lowest BCUT2D eigenvalue weighted by Crippen LogP contribution is -2.29. The lowest BCUT2D eigenvalue weighted by atomic mass is 10.1. The van der Waals surface area contributed by atoms with E-state index in [4.69, 9.17) is 10.1 Å². The van der Waals surface area contributed by atoms with Crippen LogP contribution >= 0.6 is 0 Å². The minimum absolute atomic E-state index is 0.0502. The molecule has 1 aromatic carbocycles. The topological polar surface area (TPSA) is 88.5 Å². The van der Waals surface area contributed by atoms with E-state index >= 15 is 0 Å². The minimum atomic E-state index is -0.158. The SMILES string of the molecule is CC(C)NC(=O)c1c[nH]c2ncc(-c3nn(C)c4ccc(C5CC5)cc34)nc12. The minimum Gasteiger partial charge on any atom is -0.350 e. The van der Waals surface area contributed by atoms with E-state index in [1.807, 2.05) is 25.6 Å². The summed E-state index contributed by atoms with van der Waals surface area (Å²) in [5.41, 5.74) is 5.54. The summed E-state index contributed by atoms with van der Waals surface area (Å²) in [5, 5.41) is 8.68. The van der Waals surface area contributed by atoms with Gasteiger partial charge in [-0.25, -0.2) is 9.97 Å². The van der Waals surface area contributed by atoms with Crippen molar-refractivity contribution in [2.24, 2.45) is 7.05 Å². The van der Waals surface area contributed by atoms with Gasteiger partial charge in [-0.05, 0) is 50.3 Å². The Kier molecular flexibility index (Phi) is 3.72. The molecule has 1 amide bonds. The average Bonchev–Trinajstić information content (AvgIpc) is 3.35. The molecule has 3 aromatic heterocycles. The third-order valence-electron chi connectivity index (χ3n) is 5.21. The summed E-state index contributed by atoms with van der Waals surface area (Å²) < 4.78 is 1.87. The van der Waals surface area contributed by atoms with E-state index in [-0.39, 0.29) is 11.9 Å². The van der Waals surface area contributed by atoms with Gasteiger partial charge in [-0.1, -0.05) is 6.07 Å². The fourth-order valence-corrected chi connectivity index (χ4v) is 3.66. The Morgan fingerprint density at radius 1 is 1.32 bits per heavy atom. The summed E-state index contributed by atoms with van der Waals surface area (Å²) >= 11 is 0. The fraction of sp³-hybridized carbons (Fsp3) is 0.333. The third-order valence-corrected chi connectivity index (χ3v) is 5.21. The number of amides is 1. The molecule has 4 aromatic rings. The van der Waals surface area contributed by atoms with Gasteiger partial charge in [0, 0.05) is 24.7 Å². The summed E-state index contributed by atoms with van der Waals surface area (Å²) in [5.74, 6) is 0.511. The molecular formula is C21H22N6O. The maximum atomic E-state index is 12.5. The molecule has 0 atom stereocenters.